The lowest BCUT2D eigenvalue weighted by atomic mass is 10.0. The summed E-state index contributed by atoms with van der Waals surface area (Å²) < 4.78 is 9.52. The van der Waals surface area contributed by atoms with Crippen molar-refractivity contribution in [2.75, 3.05) is 20.8 Å². The van der Waals surface area contributed by atoms with E-state index in [1.165, 1.54) is 14.2 Å². The molecule has 36 heavy (non-hydrogen) atoms. The smallest absolute Gasteiger partial charge is 0.328 e. The predicted molar refractivity (Wildman–Crippen MR) is 145 cm³/mol. The molecule has 4 aromatic rings. The van der Waals surface area contributed by atoms with Crippen LogP contribution in [-0.4, -0.2) is 32.7 Å². The van der Waals surface area contributed by atoms with E-state index in [2.05, 4.69) is 21.5 Å². The molecule has 4 aromatic carbocycles. The maximum atomic E-state index is 11.8. The second-order valence-electron chi connectivity index (χ2n) is 7.93. The standard InChI is InChI=1S/C16H17NO2.C13H12ClNO2/c1-3-10-17-15(16(18)19-2)14-9-8-12-6-4-5-7-13(12)11-14;1-17-13(16)12(15-14)11-7-6-9-4-2-3-5-10(9)8-11/h3-9,11,15,17H,1,10H2,2H3;2-8,12,15H,1H3/t15-;12-/m00/s1. The molecular formula is C29H29ClN2O4. The van der Waals surface area contributed by atoms with Crippen LogP contribution in [0.15, 0.2) is 97.6 Å². The second-order valence-corrected chi connectivity index (χ2v) is 8.15. The fraction of sp³-hybridized carbons (Fsp3) is 0.172. The molecule has 7 heteroatoms. The molecule has 4 rings (SSSR count). The molecule has 0 bridgehead atoms. The number of carbonyl (C=O) groups is 2. The van der Waals surface area contributed by atoms with Gasteiger partial charge in [-0.05, 0) is 56.6 Å². The van der Waals surface area contributed by atoms with Crippen LogP contribution < -0.4 is 10.2 Å². The minimum atomic E-state index is -0.647. The van der Waals surface area contributed by atoms with E-state index in [0.717, 1.165) is 32.7 Å². The van der Waals surface area contributed by atoms with Crippen molar-refractivity contribution in [3.63, 3.8) is 0 Å². The summed E-state index contributed by atoms with van der Waals surface area (Å²) in [6, 6.07) is 26.6. The molecule has 186 valence electrons. The lowest BCUT2D eigenvalue weighted by Crippen LogP contribution is -2.29. The van der Waals surface area contributed by atoms with Crippen LogP contribution in [0, 0.1) is 0 Å². The molecule has 0 heterocycles. The fourth-order valence-electron chi connectivity index (χ4n) is 3.79. The molecule has 6 nitrogen and oxygen atoms in total. The number of halogens is 1. The van der Waals surface area contributed by atoms with Gasteiger partial charge in [0.2, 0.25) is 0 Å². The number of methoxy groups -OCH3 is 2. The van der Waals surface area contributed by atoms with Crippen LogP contribution >= 0.6 is 11.8 Å². The summed E-state index contributed by atoms with van der Waals surface area (Å²) in [5, 5.41) is 7.55. The fourth-order valence-corrected chi connectivity index (χ4v) is 4.01. The van der Waals surface area contributed by atoms with Gasteiger partial charge in [0.1, 0.15) is 12.1 Å². The molecule has 0 amide bonds. The van der Waals surface area contributed by atoms with Crippen LogP contribution in [0.2, 0.25) is 0 Å². The molecule has 0 saturated heterocycles. The van der Waals surface area contributed by atoms with Gasteiger partial charge in [-0.1, -0.05) is 78.9 Å². The van der Waals surface area contributed by atoms with Crippen LogP contribution in [-0.2, 0) is 19.1 Å². The van der Waals surface area contributed by atoms with Gasteiger partial charge in [0.15, 0.2) is 0 Å². The Kier molecular flexibility index (Phi) is 10.0. The third kappa shape index (κ3) is 6.70. The first-order valence-corrected chi connectivity index (χ1v) is 11.7. The van der Waals surface area contributed by atoms with Gasteiger partial charge in [-0.2, -0.15) is 0 Å². The topological polar surface area (TPSA) is 76.7 Å². The van der Waals surface area contributed by atoms with Crippen LogP contribution in [0.4, 0.5) is 0 Å². The third-order valence-electron chi connectivity index (χ3n) is 5.66. The number of esters is 2. The van der Waals surface area contributed by atoms with E-state index in [1.807, 2.05) is 84.9 Å². The van der Waals surface area contributed by atoms with Crippen molar-refractivity contribution in [2.45, 2.75) is 12.1 Å². The zero-order valence-electron chi connectivity index (χ0n) is 20.2. The third-order valence-corrected chi connectivity index (χ3v) is 5.88. The molecule has 0 aliphatic carbocycles. The highest BCUT2D eigenvalue weighted by Crippen LogP contribution is 2.22. The Morgan fingerprint density at radius 3 is 1.67 bits per heavy atom. The summed E-state index contributed by atoms with van der Waals surface area (Å²) in [7, 11) is 2.73. The van der Waals surface area contributed by atoms with Gasteiger partial charge in [-0.15, -0.1) is 6.58 Å². The molecule has 0 fully saturated rings. The average molecular weight is 505 g/mol. The summed E-state index contributed by atoms with van der Waals surface area (Å²) in [5.74, 6) is -0.701. The highest BCUT2D eigenvalue weighted by Gasteiger charge is 2.21. The minimum Gasteiger partial charge on any atom is -0.468 e. The first-order valence-electron chi connectivity index (χ1n) is 11.4. The Bertz CT molecular complexity index is 1340. The second kappa shape index (κ2) is 13.4. The molecule has 0 aliphatic heterocycles. The zero-order valence-corrected chi connectivity index (χ0v) is 21.0. The molecule has 0 aliphatic rings. The number of benzene rings is 4. The molecule has 0 radical (unpaired) electrons. The van der Waals surface area contributed by atoms with Crippen LogP contribution in [0.25, 0.3) is 21.5 Å². The highest BCUT2D eigenvalue weighted by molar-refractivity contribution is 6.15. The van der Waals surface area contributed by atoms with Crippen molar-refractivity contribution in [3.05, 3.63) is 109 Å². The number of hydrogen-bond acceptors (Lipinski definition) is 6. The number of nitrogens with one attached hydrogen (secondary N) is 2. The Hall–Kier alpha value is -3.71. The van der Waals surface area contributed by atoms with Gasteiger partial charge in [0.05, 0.1) is 14.2 Å². The van der Waals surface area contributed by atoms with Crippen molar-refractivity contribution >= 4 is 45.3 Å². The van der Waals surface area contributed by atoms with Crippen LogP contribution in [0.3, 0.4) is 0 Å². The van der Waals surface area contributed by atoms with E-state index >= 15 is 0 Å². The number of ether oxygens (including phenoxy) is 2. The summed E-state index contributed by atoms with van der Waals surface area (Å²) >= 11 is 5.58. The summed E-state index contributed by atoms with van der Waals surface area (Å²) in [6.07, 6.45) is 1.72. The number of carbonyl (C=O) groups excluding carboxylic acids is 2. The summed E-state index contributed by atoms with van der Waals surface area (Å²) in [5.41, 5.74) is 1.68. The number of rotatable bonds is 8. The SMILES string of the molecule is C=CCN[C@H](C(=O)OC)c1ccc2ccccc2c1.COC(=O)[C@@H](NCl)c1ccc2ccccc2c1. The van der Waals surface area contributed by atoms with Crippen molar-refractivity contribution < 1.29 is 19.1 Å². The van der Waals surface area contributed by atoms with Gasteiger partial charge >= 0.3 is 11.9 Å². The quantitative estimate of drug-likeness (QED) is 0.184. The Morgan fingerprint density at radius 2 is 1.22 bits per heavy atom. The number of fused-ring (bicyclic) bond motifs is 2. The predicted octanol–water partition coefficient (Wildman–Crippen LogP) is 5.63. The zero-order chi connectivity index (χ0) is 25.9. The Balaban J connectivity index is 0.000000202. The van der Waals surface area contributed by atoms with Crippen LogP contribution in [0.1, 0.15) is 23.2 Å². The van der Waals surface area contributed by atoms with Gasteiger partial charge < -0.3 is 9.47 Å². The molecule has 2 atom stereocenters. The van der Waals surface area contributed by atoms with Gasteiger partial charge in [0.25, 0.3) is 0 Å². The van der Waals surface area contributed by atoms with Gasteiger partial charge in [-0.25, -0.2) is 14.4 Å². The van der Waals surface area contributed by atoms with Gasteiger partial charge in [0, 0.05) is 6.54 Å². The molecule has 0 aromatic heterocycles. The Morgan fingerprint density at radius 1 is 0.778 bits per heavy atom. The van der Waals surface area contributed by atoms with E-state index in [1.54, 1.807) is 6.08 Å². The molecule has 0 unspecified atom stereocenters. The molecule has 2 N–H and O–H groups in total. The normalized spacial score (nSPS) is 12.2. The summed E-state index contributed by atoms with van der Waals surface area (Å²) in [6.45, 7) is 4.19. The average Bonchev–Trinajstić information content (AvgIpc) is 2.93. The minimum absolute atomic E-state index is 0.294. The maximum Gasteiger partial charge on any atom is 0.328 e. The lowest BCUT2D eigenvalue weighted by molar-refractivity contribution is -0.143. The largest absolute Gasteiger partial charge is 0.468 e. The monoisotopic (exact) mass is 504 g/mol. The van der Waals surface area contributed by atoms with Crippen LogP contribution in [0.5, 0.6) is 0 Å². The van der Waals surface area contributed by atoms with Crippen molar-refractivity contribution in [2.24, 2.45) is 0 Å². The van der Waals surface area contributed by atoms with Crippen molar-refractivity contribution in [1.82, 2.24) is 10.2 Å². The molecule has 0 spiro atoms. The molecule has 0 saturated carbocycles. The van der Waals surface area contributed by atoms with E-state index in [9.17, 15) is 9.59 Å². The van der Waals surface area contributed by atoms with E-state index < -0.39 is 18.1 Å². The van der Waals surface area contributed by atoms with Crippen molar-refractivity contribution in [3.8, 4) is 0 Å². The highest BCUT2D eigenvalue weighted by atomic mass is 35.5. The van der Waals surface area contributed by atoms with Gasteiger partial charge in [-0.3, -0.25) is 5.32 Å². The lowest BCUT2D eigenvalue weighted by Gasteiger charge is -2.16. The Labute approximate surface area is 216 Å². The maximum absolute atomic E-state index is 11.8. The number of hydrogen-bond donors (Lipinski definition) is 2. The molecular weight excluding hydrogens is 476 g/mol. The van der Waals surface area contributed by atoms with E-state index in [0.29, 0.717) is 6.54 Å². The van der Waals surface area contributed by atoms with E-state index in [-0.39, 0.29) is 5.97 Å². The summed E-state index contributed by atoms with van der Waals surface area (Å²) in [4.78, 5) is 25.8. The van der Waals surface area contributed by atoms with Crippen molar-refractivity contribution in [1.29, 1.82) is 0 Å². The first-order chi connectivity index (χ1) is 17.5. The first kappa shape index (κ1) is 26.9. The van der Waals surface area contributed by atoms with E-state index in [4.69, 9.17) is 16.5 Å².